The highest BCUT2D eigenvalue weighted by Gasteiger charge is 2.19. The van der Waals surface area contributed by atoms with Gasteiger partial charge in [0, 0.05) is 12.5 Å². The Morgan fingerprint density at radius 1 is 1.25 bits per heavy atom. The monoisotopic (exact) mass is 327 g/mol. The normalized spacial score (nSPS) is 12.7. The zero-order chi connectivity index (χ0) is 16.5. The average molecular weight is 327 g/mol. The van der Waals surface area contributed by atoms with E-state index in [0.29, 0.717) is 42.6 Å². The standard InChI is InChI=1S/C17H14FN3O3/c18-12-3-1-11(2-4-12)10-24-13-5-6-14-15(9-13)23-8-7-16-19-20-17(22)21(14)16/h1-6,9H,7-8,10H2,(H,20,22). The van der Waals surface area contributed by atoms with Crippen LogP contribution in [0.15, 0.2) is 47.3 Å². The summed E-state index contributed by atoms with van der Waals surface area (Å²) in [4.78, 5) is 11.9. The average Bonchev–Trinajstić information content (AvgIpc) is 2.85. The summed E-state index contributed by atoms with van der Waals surface area (Å²) in [7, 11) is 0. The summed E-state index contributed by atoms with van der Waals surface area (Å²) >= 11 is 0. The van der Waals surface area contributed by atoms with Crippen molar-refractivity contribution in [2.24, 2.45) is 0 Å². The van der Waals surface area contributed by atoms with E-state index in [0.717, 1.165) is 5.56 Å². The minimum absolute atomic E-state index is 0.279. The Kier molecular flexibility index (Phi) is 3.53. The van der Waals surface area contributed by atoms with Crippen molar-refractivity contribution in [3.8, 4) is 17.2 Å². The van der Waals surface area contributed by atoms with E-state index in [1.54, 1.807) is 30.3 Å². The lowest BCUT2D eigenvalue weighted by molar-refractivity contribution is 0.297. The Morgan fingerprint density at radius 3 is 2.92 bits per heavy atom. The zero-order valence-corrected chi connectivity index (χ0v) is 12.7. The van der Waals surface area contributed by atoms with Gasteiger partial charge in [0.2, 0.25) is 0 Å². The van der Waals surface area contributed by atoms with Crippen LogP contribution in [0.2, 0.25) is 0 Å². The molecule has 1 aliphatic rings. The first-order valence-electron chi connectivity index (χ1n) is 7.51. The topological polar surface area (TPSA) is 69.1 Å². The molecule has 2 aromatic carbocycles. The summed E-state index contributed by atoms with van der Waals surface area (Å²) in [6.07, 6.45) is 0.541. The van der Waals surface area contributed by atoms with E-state index in [2.05, 4.69) is 10.2 Å². The van der Waals surface area contributed by atoms with Gasteiger partial charge in [-0.05, 0) is 29.8 Å². The molecule has 1 aliphatic heterocycles. The van der Waals surface area contributed by atoms with Crippen molar-refractivity contribution < 1.29 is 13.9 Å². The van der Waals surface area contributed by atoms with Crippen molar-refractivity contribution >= 4 is 0 Å². The fourth-order valence-electron chi connectivity index (χ4n) is 2.63. The molecule has 7 heteroatoms. The lowest BCUT2D eigenvalue weighted by Crippen LogP contribution is -2.16. The van der Waals surface area contributed by atoms with E-state index >= 15 is 0 Å². The Hall–Kier alpha value is -3.09. The zero-order valence-electron chi connectivity index (χ0n) is 12.7. The van der Waals surface area contributed by atoms with Crippen molar-refractivity contribution in [2.45, 2.75) is 13.0 Å². The fourth-order valence-corrected chi connectivity index (χ4v) is 2.63. The highest BCUT2D eigenvalue weighted by molar-refractivity contribution is 5.52. The minimum Gasteiger partial charge on any atom is -0.491 e. The predicted octanol–water partition coefficient (Wildman–Crippen LogP) is 2.21. The van der Waals surface area contributed by atoms with E-state index in [1.165, 1.54) is 16.7 Å². The number of ether oxygens (including phenoxy) is 2. The van der Waals surface area contributed by atoms with Crippen molar-refractivity contribution in [3.05, 3.63) is 70.2 Å². The van der Waals surface area contributed by atoms with Gasteiger partial charge in [0.1, 0.15) is 29.7 Å². The van der Waals surface area contributed by atoms with Crippen molar-refractivity contribution in [1.29, 1.82) is 0 Å². The number of aromatic nitrogens is 3. The molecule has 1 N–H and O–H groups in total. The van der Waals surface area contributed by atoms with Crippen molar-refractivity contribution in [1.82, 2.24) is 14.8 Å². The maximum absolute atomic E-state index is 12.9. The molecule has 0 bridgehead atoms. The maximum Gasteiger partial charge on any atom is 0.348 e. The van der Waals surface area contributed by atoms with E-state index in [-0.39, 0.29) is 11.5 Å². The molecule has 0 aliphatic carbocycles. The van der Waals surface area contributed by atoms with Gasteiger partial charge in [-0.2, -0.15) is 5.10 Å². The summed E-state index contributed by atoms with van der Waals surface area (Å²) in [6, 6.07) is 11.4. The molecule has 24 heavy (non-hydrogen) atoms. The third-order valence-electron chi connectivity index (χ3n) is 3.82. The molecule has 0 fully saturated rings. The van der Waals surface area contributed by atoms with Gasteiger partial charge in [-0.1, -0.05) is 12.1 Å². The van der Waals surface area contributed by atoms with Crippen LogP contribution in [0.25, 0.3) is 5.69 Å². The van der Waals surface area contributed by atoms with E-state index in [9.17, 15) is 9.18 Å². The summed E-state index contributed by atoms with van der Waals surface area (Å²) in [5, 5.41) is 6.46. The second-order valence-corrected chi connectivity index (χ2v) is 5.42. The molecule has 0 radical (unpaired) electrons. The van der Waals surface area contributed by atoms with E-state index in [4.69, 9.17) is 9.47 Å². The first kappa shape index (κ1) is 14.5. The minimum atomic E-state index is -0.295. The molecule has 3 aromatic rings. The molecule has 122 valence electrons. The molecule has 0 spiro atoms. The van der Waals surface area contributed by atoms with E-state index < -0.39 is 0 Å². The summed E-state index contributed by atoms with van der Waals surface area (Å²) < 4.78 is 25.9. The van der Waals surface area contributed by atoms with Crippen LogP contribution >= 0.6 is 0 Å². The van der Waals surface area contributed by atoms with Crippen LogP contribution in [-0.4, -0.2) is 21.4 Å². The molecule has 0 unspecified atom stereocenters. The van der Waals surface area contributed by atoms with Crippen LogP contribution in [0.5, 0.6) is 11.5 Å². The predicted molar refractivity (Wildman–Crippen MR) is 84.1 cm³/mol. The lowest BCUT2D eigenvalue weighted by atomic mass is 10.2. The first-order chi connectivity index (χ1) is 11.7. The SMILES string of the molecule is O=c1[nH]nc2n1-c1ccc(OCc3ccc(F)cc3)cc1OCC2. The maximum atomic E-state index is 12.9. The van der Waals surface area contributed by atoms with E-state index in [1.807, 2.05) is 0 Å². The summed E-state index contributed by atoms with van der Waals surface area (Å²) in [5.74, 6) is 1.53. The molecule has 2 heterocycles. The number of halogens is 1. The van der Waals surface area contributed by atoms with Crippen LogP contribution in [0.1, 0.15) is 11.4 Å². The van der Waals surface area contributed by atoms with Crippen LogP contribution < -0.4 is 15.2 Å². The van der Waals surface area contributed by atoms with Gasteiger partial charge < -0.3 is 9.47 Å². The second-order valence-electron chi connectivity index (χ2n) is 5.42. The van der Waals surface area contributed by atoms with Gasteiger partial charge in [0.15, 0.2) is 0 Å². The Labute approximate surface area is 136 Å². The molecular formula is C17H14FN3O3. The Bertz CT molecular complexity index is 931. The molecular weight excluding hydrogens is 313 g/mol. The molecule has 4 rings (SSSR count). The molecule has 0 saturated carbocycles. The molecule has 0 amide bonds. The lowest BCUT2D eigenvalue weighted by Gasteiger charge is -2.11. The number of hydrogen-bond acceptors (Lipinski definition) is 4. The van der Waals surface area contributed by atoms with Gasteiger partial charge >= 0.3 is 5.69 Å². The highest BCUT2D eigenvalue weighted by atomic mass is 19.1. The number of benzene rings is 2. The highest BCUT2D eigenvalue weighted by Crippen LogP contribution is 2.30. The largest absolute Gasteiger partial charge is 0.491 e. The van der Waals surface area contributed by atoms with Crippen molar-refractivity contribution in [2.75, 3.05) is 6.61 Å². The van der Waals surface area contributed by atoms with Gasteiger partial charge in [-0.3, -0.25) is 0 Å². The number of fused-ring (bicyclic) bond motifs is 3. The number of aromatic amines is 1. The number of hydrogen-bond donors (Lipinski definition) is 1. The third kappa shape index (κ3) is 2.64. The number of H-pyrrole nitrogens is 1. The van der Waals surface area contributed by atoms with Gasteiger partial charge in [-0.25, -0.2) is 18.9 Å². The van der Waals surface area contributed by atoms with Gasteiger partial charge in [-0.15, -0.1) is 0 Å². The molecule has 0 saturated heterocycles. The smallest absolute Gasteiger partial charge is 0.348 e. The number of nitrogens with zero attached hydrogens (tertiary/aromatic N) is 2. The van der Waals surface area contributed by atoms with Crippen molar-refractivity contribution in [3.63, 3.8) is 0 Å². The molecule has 1 aromatic heterocycles. The quantitative estimate of drug-likeness (QED) is 0.801. The van der Waals surface area contributed by atoms with Crippen LogP contribution in [-0.2, 0) is 13.0 Å². The second kappa shape index (κ2) is 5.84. The fraction of sp³-hybridized carbons (Fsp3) is 0.176. The summed E-state index contributed by atoms with van der Waals surface area (Å²) in [5.41, 5.74) is 1.20. The van der Waals surface area contributed by atoms with Gasteiger partial charge in [0.25, 0.3) is 0 Å². The molecule has 0 atom stereocenters. The first-order valence-corrected chi connectivity index (χ1v) is 7.51. The number of nitrogens with one attached hydrogen (secondary N) is 1. The Morgan fingerprint density at radius 2 is 2.08 bits per heavy atom. The van der Waals surface area contributed by atoms with Crippen LogP contribution in [0.3, 0.4) is 0 Å². The third-order valence-corrected chi connectivity index (χ3v) is 3.82. The van der Waals surface area contributed by atoms with Crippen LogP contribution in [0.4, 0.5) is 4.39 Å². The van der Waals surface area contributed by atoms with Crippen LogP contribution in [0, 0.1) is 5.82 Å². The Balaban J connectivity index is 1.60. The number of rotatable bonds is 3. The molecule has 6 nitrogen and oxygen atoms in total. The summed E-state index contributed by atoms with van der Waals surface area (Å²) in [6.45, 7) is 0.745. The van der Waals surface area contributed by atoms with Gasteiger partial charge in [0.05, 0.1) is 12.3 Å².